The maximum atomic E-state index is 11.7. The Balaban J connectivity index is 2.03. The molecule has 1 amide bonds. The zero-order chi connectivity index (χ0) is 16.6. The van der Waals surface area contributed by atoms with E-state index in [1.807, 2.05) is 42.5 Å². The van der Waals surface area contributed by atoms with Gasteiger partial charge < -0.3 is 9.25 Å². The minimum atomic E-state index is -0.531. The van der Waals surface area contributed by atoms with Crippen molar-refractivity contribution in [2.75, 3.05) is 0 Å². The molecule has 1 heterocycles. The average Bonchev–Trinajstić information content (AvgIpc) is 2.89. The SMILES string of the molecule is CC(=O)ON(C(C)=O)C(C)c1ccc2c(c1)oc1ccccc12. The van der Waals surface area contributed by atoms with Crippen LogP contribution in [0.4, 0.5) is 0 Å². The number of hydrogen-bond acceptors (Lipinski definition) is 4. The summed E-state index contributed by atoms with van der Waals surface area (Å²) in [6.45, 7) is 4.43. The highest BCUT2D eigenvalue weighted by Gasteiger charge is 2.22. The third-order valence-corrected chi connectivity index (χ3v) is 3.77. The van der Waals surface area contributed by atoms with Crippen LogP contribution in [0, 0.1) is 0 Å². The summed E-state index contributed by atoms with van der Waals surface area (Å²) < 4.78 is 5.85. The quantitative estimate of drug-likeness (QED) is 0.672. The molecule has 3 aromatic rings. The molecule has 0 bridgehead atoms. The minimum absolute atomic E-state index is 0.336. The number of hydroxylamine groups is 2. The highest BCUT2D eigenvalue weighted by Crippen LogP contribution is 2.31. The van der Waals surface area contributed by atoms with Crippen molar-refractivity contribution >= 4 is 33.8 Å². The predicted octanol–water partition coefficient (Wildman–Crippen LogP) is 3.97. The number of benzene rings is 2. The first-order valence-corrected chi connectivity index (χ1v) is 7.37. The Morgan fingerprint density at radius 3 is 2.43 bits per heavy atom. The number of amides is 1. The van der Waals surface area contributed by atoms with Crippen LogP contribution < -0.4 is 0 Å². The number of fused-ring (bicyclic) bond motifs is 3. The maximum Gasteiger partial charge on any atom is 0.329 e. The smallest absolute Gasteiger partial charge is 0.329 e. The summed E-state index contributed by atoms with van der Waals surface area (Å²) in [5.74, 6) is -0.866. The van der Waals surface area contributed by atoms with Crippen molar-refractivity contribution in [2.45, 2.75) is 26.8 Å². The Morgan fingerprint density at radius 1 is 1.04 bits per heavy atom. The van der Waals surface area contributed by atoms with Crippen molar-refractivity contribution in [3.63, 3.8) is 0 Å². The van der Waals surface area contributed by atoms with Gasteiger partial charge in [0.2, 0.25) is 0 Å². The molecule has 0 N–H and O–H groups in total. The molecule has 5 heteroatoms. The average molecular weight is 311 g/mol. The zero-order valence-corrected chi connectivity index (χ0v) is 13.2. The van der Waals surface area contributed by atoms with Gasteiger partial charge in [-0.1, -0.05) is 30.3 Å². The van der Waals surface area contributed by atoms with Crippen LogP contribution in [-0.4, -0.2) is 16.9 Å². The molecule has 0 saturated carbocycles. The molecule has 0 aliphatic carbocycles. The highest BCUT2D eigenvalue weighted by atomic mass is 16.7. The second kappa shape index (κ2) is 5.76. The Morgan fingerprint density at radius 2 is 1.74 bits per heavy atom. The summed E-state index contributed by atoms with van der Waals surface area (Å²) in [6.07, 6.45) is 0. The molecule has 1 atom stereocenters. The van der Waals surface area contributed by atoms with Crippen LogP contribution in [0.3, 0.4) is 0 Å². The monoisotopic (exact) mass is 311 g/mol. The van der Waals surface area contributed by atoms with Gasteiger partial charge in [-0.3, -0.25) is 9.59 Å². The lowest BCUT2D eigenvalue weighted by Gasteiger charge is -2.25. The molecule has 0 aliphatic heterocycles. The van der Waals surface area contributed by atoms with Crippen molar-refractivity contribution in [2.24, 2.45) is 0 Å². The van der Waals surface area contributed by atoms with Crippen LogP contribution in [0.15, 0.2) is 46.9 Å². The Kier molecular flexibility index (Phi) is 3.78. The molecule has 5 nitrogen and oxygen atoms in total. The van der Waals surface area contributed by atoms with E-state index in [0.717, 1.165) is 32.6 Å². The van der Waals surface area contributed by atoms with E-state index in [-0.39, 0.29) is 5.91 Å². The molecule has 0 aliphatic rings. The van der Waals surface area contributed by atoms with Gasteiger partial charge in [0.1, 0.15) is 11.2 Å². The number of nitrogens with zero attached hydrogens (tertiary/aromatic N) is 1. The fourth-order valence-electron chi connectivity index (χ4n) is 2.69. The van der Waals surface area contributed by atoms with Gasteiger partial charge in [0.25, 0.3) is 5.91 Å². The predicted molar refractivity (Wildman–Crippen MR) is 86.4 cm³/mol. The van der Waals surface area contributed by atoms with Crippen LogP contribution in [0.1, 0.15) is 32.4 Å². The van der Waals surface area contributed by atoms with Gasteiger partial charge in [-0.25, -0.2) is 0 Å². The van der Waals surface area contributed by atoms with Gasteiger partial charge >= 0.3 is 5.97 Å². The van der Waals surface area contributed by atoms with Crippen molar-refractivity contribution in [3.05, 3.63) is 48.0 Å². The van der Waals surface area contributed by atoms with Crippen LogP contribution in [0.25, 0.3) is 21.9 Å². The molecule has 0 saturated heterocycles. The standard InChI is InChI=1S/C18H17NO4/c1-11(19(12(2)20)23-13(3)21)14-8-9-16-15-6-4-5-7-17(15)22-18(16)10-14/h4-11H,1-3H3. The molecule has 1 unspecified atom stereocenters. The number of carbonyl (C=O) groups is 2. The van der Waals surface area contributed by atoms with E-state index in [0.29, 0.717) is 0 Å². The topological polar surface area (TPSA) is 59.8 Å². The third-order valence-electron chi connectivity index (χ3n) is 3.77. The molecule has 0 spiro atoms. The van der Waals surface area contributed by atoms with E-state index < -0.39 is 12.0 Å². The third kappa shape index (κ3) is 2.77. The first kappa shape index (κ1) is 15.1. The second-order valence-corrected chi connectivity index (χ2v) is 5.46. The number of para-hydroxylation sites is 1. The molecule has 0 radical (unpaired) electrons. The Bertz CT molecular complexity index is 896. The van der Waals surface area contributed by atoms with Crippen LogP contribution in [-0.2, 0) is 14.4 Å². The molecule has 1 aromatic heterocycles. The van der Waals surface area contributed by atoms with Gasteiger partial charge in [0.05, 0.1) is 6.04 Å². The molecule has 118 valence electrons. The van der Waals surface area contributed by atoms with E-state index in [4.69, 9.17) is 9.25 Å². The van der Waals surface area contributed by atoms with Crippen LogP contribution >= 0.6 is 0 Å². The van der Waals surface area contributed by atoms with Crippen molar-refractivity contribution in [3.8, 4) is 0 Å². The van der Waals surface area contributed by atoms with Gasteiger partial charge in [-0.05, 0) is 24.6 Å². The lowest BCUT2D eigenvalue weighted by molar-refractivity contribution is -0.203. The van der Waals surface area contributed by atoms with E-state index >= 15 is 0 Å². The van der Waals surface area contributed by atoms with Crippen LogP contribution in [0.2, 0.25) is 0 Å². The first-order valence-electron chi connectivity index (χ1n) is 7.37. The summed E-state index contributed by atoms with van der Waals surface area (Å²) in [5, 5.41) is 3.13. The van der Waals surface area contributed by atoms with Crippen molar-refractivity contribution in [1.29, 1.82) is 0 Å². The lowest BCUT2D eigenvalue weighted by Crippen LogP contribution is -2.33. The number of rotatable bonds is 2. The largest absolute Gasteiger partial charge is 0.456 e. The van der Waals surface area contributed by atoms with Gasteiger partial charge in [0, 0.05) is 24.6 Å². The first-order chi connectivity index (χ1) is 11.0. The summed E-state index contributed by atoms with van der Waals surface area (Å²) in [5.41, 5.74) is 2.38. The zero-order valence-electron chi connectivity index (χ0n) is 13.2. The second-order valence-electron chi connectivity index (χ2n) is 5.46. The molecular formula is C18H17NO4. The highest BCUT2D eigenvalue weighted by molar-refractivity contribution is 6.04. The normalized spacial score (nSPS) is 12.3. The number of furan rings is 1. The van der Waals surface area contributed by atoms with Gasteiger partial charge in [-0.15, -0.1) is 0 Å². The summed E-state index contributed by atoms with van der Waals surface area (Å²) in [4.78, 5) is 27.9. The summed E-state index contributed by atoms with van der Waals surface area (Å²) in [6, 6.07) is 13.1. The number of hydrogen-bond donors (Lipinski definition) is 0. The lowest BCUT2D eigenvalue weighted by atomic mass is 10.1. The van der Waals surface area contributed by atoms with Gasteiger partial charge in [0.15, 0.2) is 0 Å². The Hall–Kier alpha value is -2.82. The molecule has 2 aromatic carbocycles. The maximum absolute atomic E-state index is 11.7. The Labute approximate surface area is 133 Å². The van der Waals surface area contributed by atoms with E-state index in [9.17, 15) is 9.59 Å². The van der Waals surface area contributed by atoms with E-state index in [1.165, 1.54) is 13.8 Å². The molecule has 3 rings (SSSR count). The molecule has 0 fully saturated rings. The summed E-state index contributed by atoms with van der Waals surface area (Å²) >= 11 is 0. The van der Waals surface area contributed by atoms with Crippen LogP contribution in [0.5, 0.6) is 0 Å². The van der Waals surface area contributed by atoms with E-state index in [2.05, 4.69) is 0 Å². The fraction of sp³-hybridized carbons (Fsp3) is 0.222. The van der Waals surface area contributed by atoms with Crippen molar-refractivity contribution < 1.29 is 18.8 Å². The summed E-state index contributed by atoms with van der Waals surface area (Å²) in [7, 11) is 0. The number of carbonyl (C=O) groups excluding carboxylic acids is 2. The molecule has 23 heavy (non-hydrogen) atoms. The fourth-order valence-corrected chi connectivity index (χ4v) is 2.69. The molecular weight excluding hydrogens is 294 g/mol. The van der Waals surface area contributed by atoms with Gasteiger partial charge in [-0.2, -0.15) is 5.06 Å². The van der Waals surface area contributed by atoms with E-state index in [1.54, 1.807) is 6.92 Å². The minimum Gasteiger partial charge on any atom is -0.456 e. The van der Waals surface area contributed by atoms with Crippen molar-refractivity contribution in [1.82, 2.24) is 5.06 Å².